The second-order valence-corrected chi connectivity index (χ2v) is 22.3. The lowest BCUT2D eigenvalue weighted by molar-refractivity contribution is 0.0690. The fourth-order valence-electron chi connectivity index (χ4n) is 11.6. The SMILES string of the molecule is O=C(O)c1ccc(-c2ccccc2-c2cc(-c3ccccc3-c3ccc(-c4ccc(-c5nc(-c6ccccc6)nc(-c6ccccc6)n5)cn4)cc3)cc(-c3ccccc3-c3ccc(-c4ccc(-c5nc(-c6ccccc6)nc(-c6ccccc6)n5)cn4)cc3)c2)cn1. The minimum atomic E-state index is -1.08. The van der Waals surface area contributed by atoms with Crippen molar-refractivity contribution in [3.63, 3.8) is 0 Å². The zero-order valence-corrected chi connectivity index (χ0v) is 49.9. The summed E-state index contributed by atoms with van der Waals surface area (Å²) in [6, 6.07) is 100. The Kier molecular flexibility index (Phi) is 15.4. The van der Waals surface area contributed by atoms with E-state index in [1.165, 1.54) is 0 Å². The molecule has 11 heteroatoms. The molecule has 0 fully saturated rings. The van der Waals surface area contributed by atoms with Gasteiger partial charge in [-0.25, -0.2) is 39.7 Å². The number of carboxylic acid groups (broad SMARTS) is 1. The predicted octanol–water partition coefficient (Wildman–Crippen LogP) is 19.3. The van der Waals surface area contributed by atoms with E-state index in [4.69, 9.17) is 39.9 Å². The van der Waals surface area contributed by atoms with E-state index >= 15 is 0 Å². The van der Waals surface area contributed by atoms with E-state index in [1.807, 2.05) is 176 Å². The van der Waals surface area contributed by atoms with Crippen LogP contribution < -0.4 is 0 Å². The molecule has 5 aromatic heterocycles. The summed E-state index contributed by atoms with van der Waals surface area (Å²) in [5.41, 5.74) is 20.7. The van der Waals surface area contributed by atoms with Crippen LogP contribution in [0, 0.1) is 0 Å². The molecule has 0 saturated heterocycles. The van der Waals surface area contributed by atoms with E-state index in [9.17, 15) is 9.90 Å². The van der Waals surface area contributed by atoms with Gasteiger partial charge in [0.15, 0.2) is 34.9 Å². The number of hydrogen-bond acceptors (Lipinski definition) is 10. The first kappa shape index (κ1) is 56.6. The van der Waals surface area contributed by atoms with Crippen molar-refractivity contribution in [2.45, 2.75) is 0 Å². The predicted molar refractivity (Wildman–Crippen MR) is 370 cm³/mol. The Hall–Kier alpha value is -12.9. The van der Waals surface area contributed by atoms with Crippen molar-refractivity contribution in [1.29, 1.82) is 0 Å². The molecule has 1 N–H and O–H groups in total. The average Bonchev–Trinajstić information content (AvgIpc) is 0.848. The number of benzene rings is 10. The largest absolute Gasteiger partial charge is 0.477 e. The minimum Gasteiger partial charge on any atom is -0.477 e. The first-order valence-corrected chi connectivity index (χ1v) is 30.4. The van der Waals surface area contributed by atoms with E-state index < -0.39 is 5.97 Å². The molecule has 0 aliphatic carbocycles. The van der Waals surface area contributed by atoms with E-state index in [0.29, 0.717) is 34.9 Å². The third-order valence-electron chi connectivity index (χ3n) is 16.4. The van der Waals surface area contributed by atoms with E-state index in [0.717, 1.165) is 123 Å². The molecule has 0 aliphatic heterocycles. The third-order valence-corrected chi connectivity index (χ3v) is 16.4. The Labute approximate surface area is 537 Å². The van der Waals surface area contributed by atoms with Crippen LogP contribution in [0.4, 0.5) is 0 Å². The van der Waals surface area contributed by atoms with Crippen LogP contribution in [0.25, 0.3) is 158 Å². The Balaban J connectivity index is 0.761. The molecule has 438 valence electrons. The van der Waals surface area contributed by atoms with Crippen molar-refractivity contribution in [1.82, 2.24) is 44.9 Å². The van der Waals surface area contributed by atoms with Gasteiger partial charge in [0.25, 0.3) is 0 Å². The molecular formula is C82H53N9O2. The molecule has 15 rings (SSSR count). The van der Waals surface area contributed by atoms with Crippen molar-refractivity contribution in [3.8, 4) is 158 Å². The second kappa shape index (κ2) is 25.3. The van der Waals surface area contributed by atoms with Gasteiger partial charge in [-0.2, -0.15) is 0 Å². The van der Waals surface area contributed by atoms with E-state index in [2.05, 4.69) is 132 Å². The summed E-state index contributed by atoms with van der Waals surface area (Å²) in [6.07, 6.45) is 5.29. The Bertz CT molecular complexity index is 4790. The Morgan fingerprint density at radius 1 is 0.215 bits per heavy atom. The topological polar surface area (TPSA) is 153 Å². The molecule has 0 radical (unpaired) electrons. The van der Waals surface area contributed by atoms with Crippen LogP contribution in [0.1, 0.15) is 10.5 Å². The molecule has 15 aromatic rings. The lowest BCUT2D eigenvalue weighted by Gasteiger charge is -2.18. The van der Waals surface area contributed by atoms with E-state index in [1.54, 1.807) is 12.3 Å². The van der Waals surface area contributed by atoms with Gasteiger partial charge in [-0.15, -0.1) is 0 Å². The highest BCUT2D eigenvalue weighted by molar-refractivity contribution is 5.95. The summed E-state index contributed by atoms with van der Waals surface area (Å²) in [5.74, 6) is 2.37. The van der Waals surface area contributed by atoms with Gasteiger partial charge in [0.2, 0.25) is 0 Å². The van der Waals surface area contributed by atoms with Gasteiger partial charge in [0, 0.05) is 68.7 Å². The van der Waals surface area contributed by atoms with Crippen LogP contribution in [0.2, 0.25) is 0 Å². The number of carbonyl (C=O) groups is 1. The zero-order chi connectivity index (χ0) is 62.5. The molecule has 10 aromatic carbocycles. The molecule has 0 saturated carbocycles. The van der Waals surface area contributed by atoms with Gasteiger partial charge in [-0.05, 0) is 110 Å². The molecule has 0 unspecified atom stereocenters. The molecule has 0 aliphatic rings. The highest BCUT2D eigenvalue weighted by Crippen LogP contribution is 2.43. The third kappa shape index (κ3) is 12.0. The number of rotatable bonds is 15. The molecule has 93 heavy (non-hydrogen) atoms. The number of carboxylic acids is 1. The molecule has 0 atom stereocenters. The second-order valence-electron chi connectivity index (χ2n) is 22.3. The molecule has 0 amide bonds. The Morgan fingerprint density at radius 3 is 0.742 bits per heavy atom. The molecule has 0 bridgehead atoms. The van der Waals surface area contributed by atoms with Crippen molar-refractivity contribution >= 4 is 5.97 Å². The minimum absolute atomic E-state index is 0.0170. The maximum absolute atomic E-state index is 11.9. The van der Waals surface area contributed by atoms with Gasteiger partial charge >= 0.3 is 5.97 Å². The standard InChI is InChI=1S/C82H53N9O2/c92-82(93)75-46-41-61(50-85-75)69-29-15-18-32-72(69)66-48-64(70-30-16-13-27-67(70)53-33-37-55(38-34-53)73-44-42-62(51-83-73)80-88-76(57-19-5-1-6-20-57)86-77(89-80)58-21-7-2-8-22-58)47-65(49-66)71-31-17-14-28-68(71)54-35-39-56(40-36-54)74-45-43-63(52-84-74)81-90-78(59-23-9-3-10-24-59)87-79(91-81)60-25-11-4-12-26-60/h1-52H,(H,92,93). The summed E-state index contributed by atoms with van der Waals surface area (Å²) in [7, 11) is 0. The fourth-order valence-corrected chi connectivity index (χ4v) is 11.6. The fraction of sp³-hybridized carbons (Fsp3) is 0. The summed E-state index contributed by atoms with van der Waals surface area (Å²) in [4.78, 5) is 55.5. The number of aromatic nitrogens is 9. The average molecular weight is 1200 g/mol. The monoisotopic (exact) mass is 1200 g/mol. The summed E-state index contributed by atoms with van der Waals surface area (Å²) in [6.45, 7) is 0. The first-order valence-electron chi connectivity index (χ1n) is 30.4. The quantitative estimate of drug-likeness (QED) is 0.104. The maximum Gasteiger partial charge on any atom is 0.354 e. The van der Waals surface area contributed by atoms with Gasteiger partial charge in [-0.1, -0.05) is 249 Å². The first-order chi connectivity index (χ1) is 45.9. The summed E-state index contributed by atoms with van der Waals surface area (Å²) in [5, 5.41) is 9.75. The lowest BCUT2D eigenvalue weighted by atomic mass is 9.86. The smallest absolute Gasteiger partial charge is 0.354 e. The van der Waals surface area contributed by atoms with Crippen molar-refractivity contribution in [2.24, 2.45) is 0 Å². The van der Waals surface area contributed by atoms with Crippen LogP contribution >= 0.6 is 0 Å². The normalized spacial score (nSPS) is 11.1. The molecular weight excluding hydrogens is 1140 g/mol. The number of nitrogens with zero attached hydrogens (tertiary/aromatic N) is 9. The molecule has 5 heterocycles. The number of aromatic carboxylic acids is 1. The zero-order valence-electron chi connectivity index (χ0n) is 49.9. The molecule has 11 nitrogen and oxygen atoms in total. The highest BCUT2D eigenvalue weighted by atomic mass is 16.4. The Morgan fingerprint density at radius 2 is 0.462 bits per heavy atom. The van der Waals surface area contributed by atoms with Crippen molar-refractivity contribution in [2.75, 3.05) is 0 Å². The van der Waals surface area contributed by atoms with Crippen LogP contribution in [0.5, 0.6) is 0 Å². The van der Waals surface area contributed by atoms with Crippen LogP contribution in [0.3, 0.4) is 0 Å². The van der Waals surface area contributed by atoms with Crippen LogP contribution in [-0.2, 0) is 0 Å². The van der Waals surface area contributed by atoms with Gasteiger partial charge < -0.3 is 5.11 Å². The van der Waals surface area contributed by atoms with Crippen molar-refractivity contribution < 1.29 is 9.90 Å². The van der Waals surface area contributed by atoms with Gasteiger partial charge in [0.1, 0.15) is 5.69 Å². The highest BCUT2D eigenvalue weighted by Gasteiger charge is 2.20. The number of pyridine rings is 3. The lowest BCUT2D eigenvalue weighted by Crippen LogP contribution is -2.00. The van der Waals surface area contributed by atoms with Crippen LogP contribution in [0.15, 0.2) is 316 Å². The summed E-state index contributed by atoms with van der Waals surface area (Å²) >= 11 is 0. The summed E-state index contributed by atoms with van der Waals surface area (Å²) < 4.78 is 0. The van der Waals surface area contributed by atoms with Crippen LogP contribution in [-0.4, -0.2) is 55.9 Å². The number of hydrogen-bond donors (Lipinski definition) is 1. The van der Waals surface area contributed by atoms with Crippen molar-refractivity contribution in [3.05, 3.63) is 322 Å². The maximum atomic E-state index is 11.9. The molecule has 0 spiro atoms. The van der Waals surface area contributed by atoms with Gasteiger partial charge in [0.05, 0.1) is 11.4 Å². The van der Waals surface area contributed by atoms with Gasteiger partial charge in [-0.3, -0.25) is 9.97 Å². The van der Waals surface area contributed by atoms with E-state index in [-0.39, 0.29) is 5.69 Å².